The average molecular weight is 414 g/mol. The van der Waals surface area contributed by atoms with E-state index in [1.54, 1.807) is 6.07 Å². The zero-order chi connectivity index (χ0) is 19.7. The predicted octanol–water partition coefficient (Wildman–Crippen LogP) is 4.91. The third kappa shape index (κ3) is 4.76. The number of carbonyl (C=O) groups excluding carboxylic acids is 1. The van der Waals surface area contributed by atoms with Gasteiger partial charge in [0.2, 0.25) is 5.92 Å². The lowest BCUT2D eigenvalue weighted by Crippen LogP contribution is -2.35. The first kappa shape index (κ1) is 19.9. The highest BCUT2D eigenvalue weighted by molar-refractivity contribution is 7.95. The van der Waals surface area contributed by atoms with Crippen molar-refractivity contribution in [3.8, 4) is 5.75 Å². The Kier molecular flexibility index (Phi) is 5.78. The molecule has 2 aliphatic carbocycles. The molecular formula is C20H25F3N2O2S. The minimum atomic E-state index is -2.56. The fraction of sp³-hybridized carbons (Fsp3) is 0.650. The summed E-state index contributed by atoms with van der Waals surface area (Å²) in [6.45, 7) is 2.15. The quantitative estimate of drug-likeness (QED) is 0.644. The molecule has 4 nitrogen and oxygen atoms in total. The molecule has 1 aliphatic heterocycles. The summed E-state index contributed by atoms with van der Waals surface area (Å²) in [6, 6.07) is 2.89. The molecule has 0 spiro atoms. The Morgan fingerprint density at radius 1 is 1.21 bits per heavy atom. The minimum Gasteiger partial charge on any atom is -0.493 e. The molecule has 1 saturated heterocycles. The Bertz CT molecular complexity index is 728. The van der Waals surface area contributed by atoms with E-state index < -0.39 is 17.6 Å². The van der Waals surface area contributed by atoms with Crippen molar-refractivity contribution >= 4 is 18.0 Å². The van der Waals surface area contributed by atoms with Gasteiger partial charge in [-0.1, -0.05) is 0 Å². The number of nitrogens with one attached hydrogen (secondary N) is 1. The van der Waals surface area contributed by atoms with Crippen molar-refractivity contribution in [1.29, 1.82) is 0 Å². The molecule has 2 saturated carbocycles. The number of hydrogen-bond acceptors (Lipinski definition) is 4. The second kappa shape index (κ2) is 8.14. The van der Waals surface area contributed by atoms with Gasteiger partial charge in [0.05, 0.1) is 12.2 Å². The van der Waals surface area contributed by atoms with E-state index in [2.05, 4.69) is 4.72 Å². The van der Waals surface area contributed by atoms with Gasteiger partial charge in [0, 0.05) is 44.1 Å². The molecule has 0 unspecified atom stereocenters. The molecule has 1 heterocycles. The third-order valence-electron chi connectivity index (χ3n) is 5.75. The van der Waals surface area contributed by atoms with Crippen molar-refractivity contribution in [1.82, 2.24) is 9.03 Å². The zero-order valence-corrected chi connectivity index (χ0v) is 16.5. The lowest BCUT2D eigenvalue weighted by Gasteiger charge is -2.28. The topological polar surface area (TPSA) is 41.6 Å². The number of amides is 1. The summed E-state index contributed by atoms with van der Waals surface area (Å²) in [5.74, 6) is -2.84. The zero-order valence-electron chi connectivity index (χ0n) is 15.7. The molecule has 8 heteroatoms. The van der Waals surface area contributed by atoms with Crippen LogP contribution in [0.4, 0.5) is 13.2 Å². The molecule has 0 bridgehead atoms. The van der Waals surface area contributed by atoms with Crippen LogP contribution in [0.3, 0.4) is 0 Å². The summed E-state index contributed by atoms with van der Waals surface area (Å²) in [5.41, 5.74) is 0.876. The van der Waals surface area contributed by atoms with Crippen LogP contribution >= 0.6 is 12.1 Å². The highest BCUT2D eigenvalue weighted by Gasteiger charge is 2.35. The van der Waals surface area contributed by atoms with Gasteiger partial charge in [0.1, 0.15) is 11.6 Å². The average Bonchev–Trinajstić information content (AvgIpc) is 3.44. The third-order valence-corrected chi connectivity index (χ3v) is 6.66. The molecule has 3 aliphatic rings. The standard InChI is InChI=1S/C20H25F3N2O2S/c21-17-11-18(27-12-13-4-6-20(22,23)7-5-13)15(14-2-3-14)10-16(17)19(26)24-28-25-8-1-9-25/h10-11,13-14H,1-9,12H2,(H,24,26). The first-order chi connectivity index (χ1) is 13.4. The molecule has 0 radical (unpaired) electrons. The number of alkyl halides is 2. The van der Waals surface area contributed by atoms with Crippen LogP contribution in [-0.2, 0) is 0 Å². The van der Waals surface area contributed by atoms with Gasteiger partial charge in [-0.05, 0) is 55.6 Å². The van der Waals surface area contributed by atoms with Crippen LogP contribution in [0.1, 0.15) is 66.8 Å². The van der Waals surface area contributed by atoms with E-state index in [4.69, 9.17) is 4.74 Å². The molecule has 28 heavy (non-hydrogen) atoms. The van der Waals surface area contributed by atoms with Gasteiger partial charge in [0.25, 0.3) is 5.91 Å². The van der Waals surface area contributed by atoms with Crippen LogP contribution < -0.4 is 9.46 Å². The van der Waals surface area contributed by atoms with Crippen LogP contribution in [0.15, 0.2) is 12.1 Å². The molecule has 1 amide bonds. The summed E-state index contributed by atoms with van der Waals surface area (Å²) >= 11 is 1.21. The maximum absolute atomic E-state index is 14.6. The van der Waals surface area contributed by atoms with Gasteiger partial charge in [-0.3, -0.25) is 9.52 Å². The maximum atomic E-state index is 14.6. The summed E-state index contributed by atoms with van der Waals surface area (Å²) in [6.07, 6.45) is 3.69. The largest absolute Gasteiger partial charge is 0.493 e. The first-order valence-electron chi connectivity index (χ1n) is 9.97. The van der Waals surface area contributed by atoms with Crippen LogP contribution in [-0.4, -0.2) is 35.8 Å². The molecule has 1 aromatic carbocycles. The van der Waals surface area contributed by atoms with Crippen molar-refractivity contribution in [3.05, 3.63) is 29.1 Å². The minimum absolute atomic E-state index is 0.0274. The summed E-state index contributed by atoms with van der Waals surface area (Å²) < 4.78 is 51.7. The smallest absolute Gasteiger partial charge is 0.265 e. The lowest BCUT2D eigenvalue weighted by atomic mass is 9.87. The van der Waals surface area contributed by atoms with Gasteiger partial charge in [-0.15, -0.1) is 0 Å². The van der Waals surface area contributed by atoms with Crippen molar-refractivity contribution in [3.63, 3.8) is 0 Å². The van der Waals surface area contributed by atoms with E-state index in [-0.39, 0.29) is 30.2 Å². The van der Waals surface area contributed by atoms with E-state index in [0.29, 0.717) is 25.2 Å². The Morgan fingerprint density at radius 2 is 1.93 bits per heavy atom. The van der Waals surface area contributed by atoms with Crippen LogP contribution in [0.25, 0.3) is 0 Å². The maximum Gasteiger partial charge on any atom is 0.265 e. The fourth-order valence-corrected chi connectivity index (χ4v) is 4.36. The van der Waals surface area contributed by atoms with Gasteiger partial charge >= 0.3 is 0 Å². The van der Waals surface area contributed by atoms with Crippen LogP contribution in [0.2, 0.25) is 0 Å². The van der Waals surface area contributed by atoms with Crippen molar-refractivity contribution < 1.29 is 22.7 Å². The highest BCUT2D eigenvalue weighted by Crippen LogP contribution is 2.45. The summed E-state index contributed by atoms with van der Waals surface area (Å²) in [7, 11) is 0. The van der Waals surface area contributed by atoms with E-state index in [1.165, 1.54) is 18.2 Å². The van der Waals surface area contributed by atoms with Gasteiger partial charge in [-0.2, -0.15) is 0 Å². The number of rotatable bonds is 7. The van der Waals surface area contributed by atoms with E-state index >= 15 is 0 Å². The van der Waals surface area contributed by atoms with Crippen LogP contribution in [0, 0.1) is 11.7 Å². The second-order valence-corrected chi connectivity index (χ2v) is 8.96. The molecule has 154 valence electrons. The monoisotopic (exact) mass is 414 g/mol. The molecule has 0 atom stereocenters. The number of hydrogen-bond donors (Lipinski definition) is 1. The Labute approximate surface area is 167 Å². The molecule has 0 aromatic heterocycles. The predicted molar refractivity (Wildman–Crippen MR) is 102 cm³/mol. The fourth-order valence-electron chi connectivity index (χ4n) is 3.60. The Morgan fingerprint density at radius 3 is 2.54 bits per heavy atom. The Balaban J connectivity index is 1.41. The number of ether oxygens (including phenoxy) is 1. The normalized spacial score (nSPS) is 22.5. The molecule has 3 fully saturated rings. The van der Waals surface area contributed by atoms with Gasteiger partial charge in [-0.25, -0.2) is 17.5 Å². The second-order valence-electron chi connectivity index (χ2n) is 8.06. The molecule has 4 rings (SSSR count). The van der Waals surface area contributed by atoms with Crippen molar-refractivity contribution in [2.24, 2.45) is 5.92 Å². The van der Waals surface area contributed by atoms with Crippen LogP contribution in [0.5, 0.6) is 5.75 Å². The van der Waals surface area contributed by atoms with E-state index in [9.17, 15) is 18.0 Å². The van der Waals surface area contributed by atoms with E-state index in [0.717, 1.165) is 37.9 Å². The number of benzene rings is 1. The summed E-state index contributed by atoms with van der Waals surface area (Å²) in [5, 5.41) is 0. The number of carbonyl (C=O) groups is 1. The van der Waals surface area contributed by atoms with Gasteiger partial charge < -0.3 is 4.74 Å². The highest BCUT2D eigenvalue weighted by atomic mass is 32.2. The lowest BCUT2D eigenvalue weighted by molar-refractivity contribution is -0.0498. The Hall–Kier alpha value is -1.41. The number of nitrogens with zero attached hydrogens (tertiary/aromatic N) is 1. The van der Waals surface area contributed by atoms with Gasteiger partial charge in [0.15, 0.2) is 0 Å². The molecule has 1 N–H and O–H groups in total. The van der Waals surface area contributed by atoms with Crippen molar-refractivity contribution in [2.75, 3.05) is 19.7 Å². The van der Waals surface area contributed by atoms with E-state index in [1.807, 2.05) is 4.31 Å². The molecule has 1 aromatic rings. The number of halogens is 3. The van der Waals surface area contributed by atoms with Crippen molar-refractivity contribution in [2.45, 2.75) is 56.8 Å². The summed E-state index contributed by atoms with van der Waals surface area (Å²) in [4.78, 5) is 12.4. The first-order valence-corrected chi connectivity index (χ1v) is 10.7. The SMILES string of the molecule is O=C(NSN1CCC1)c1cc(C2CC2)c(OCC2CCC(F)(F)CC2)cc1F. The molecular weight excluding hydrogens is 389 g/mol.